The Kier molecular flexibility index (Phi) is 5.06. The van der Waals surface area contributed by atoms with Crippen molar-refractivity contribution in [3.8, 4) is 0 Å². The molecular weight excluding hydrogens is 256 g/mol. The van der Waals surface area contributed by atoms with Gasteiger partial charge in [-0.1, -0.05) is 6.92 Å². The molecule has 1 unspecified atom stereocenters. The summed E-state index contributed by atoms with van der Waals surface area (Å²) < 4.78 is 0. The molecule has 108 valence electrons. The van der Waals surface area contributed by atoms with Crippen LogP contribution in [-0.4, -0.2) is 38.6 Å². The number of carbonyl (C=O) groups is 1. The molecule has 6 heteroatoms. The fraction of sp³-hybridized carbons (Fsp3) is 0.500. The van der Waals surface area contributed by atoms with Crippen LogP contribution in [0.15, 0.2) is 18.3 Å². The number of aryl methyl sites for hydroxylation is 1. The van der Waals surface area contributed by atoms with Crippen LogP contribution in [0.4, 0.5) is 0 Å². The van der Waals surface area contributed by atoms with Gasteiger partial charge in [-0.2, -0.15) is 0 Å². The van der Waals surface area contributed by atoms with E-state index in [-0.39, 0.29) is 12.0 Å². The number of hydrogen-bond donors (Lipinski definition) is 3. The summed E-state index contributed by atoms with van der Waals surface area (Å²) in [6.45, 7) is 2.43. The highest BCUT2D eigenvalue weighted by Crippen LogP contribution is 2.08. The van der Waals surface area contributed by atoms with Crippen molar-refractivity contribution in [1.82, 2.24) is 20.3 Å². The lowest BCUT2D eigenvalue weighted by atomic mass is 10.2. The summed E-state index contributed by atoms with van der Waals surface area (Å²) in [5.74, 6) is 0.740. The molecule has 0 fully saturated rings. The lowest BCUT2D eigenvalue weighted by Crippen LogP contribution is -2.27. The van der Waals surface area contributed by atoms with E-state index < -0.39 is 0 Å². The zero-order valence-electron chi connectivity index (χ0n) is 11.6. The number of aromatic amines is 1. The van der Waals surface area contributed by atoms with Crippen molar-refractivity contribution in [2.45, 2.75) is 38.7 Å². The van der Waals surface area contributed by atoms with Gasteiger partial charge in [0.05, 0.1) is 11.6 Å². The maximum atomic E-state index is 11.7. The predicted octanol–water partition coefficient (Wildman–Crippen LogP) is 1.17. The summed E-state index contributed by atoms with van der Waals surface area (Å²) in [7, 11) is 0. The fourth-order valence-corrected chi connectivity index (χ4v) is 1.92. The first-order chi connectivity index (χ1) is 9.69. The minimum Gasteiger partial charge on any atom is -0.393 e. The molecule has 0 saturated heterocycles. The Morgan fingerprint density at radius 3 is 3.15 bits per heavy atom. The Balaban J connectivity index is 1.75. The van der Waals surface area contributed by atoms with Crippen molar-refractivity contribution in [2.75, 3.05) is 6.54 Å². The van der Waals surface area contributed by atoms with E-state index in [1.807, 2.05) is 19.1 Å². The topological polar surface area (TPSA) is 90.9 Å². The van der Waals surface area contributed by atoms with E-state index in [2.05, 4.69) is 20.3 Å². The lowest BCUT2D eigenvalue weighted by Gasteiger charge is -2.08. The molecule has 1 atom stereocenters. The van der Waals surface area contributed by atoms with E-state index in [0.29, 0.717) is 37.9 Å². The van der Waals surface area contributed by atoms with E-state index >= 15 is 0 Å². The van der Waals surface area contributed by atoms with E-state index in [9.17, 15) is 9.90 Å². The SMILES string of the molecule is CCC(O)CCNC(=O)CCc1nc2ncccc2[nH]1. The van der Waals surface area contributed by atoms with Crippen molar-refractivity contribution in [3.63, 3.8) is 0 Å². The maximum absolute atomic E-state index is 11.7. The van der Waals surface area contributed by atoms with Gasteiger partial charge in [-0.05, 0) is 25.0 Å². The highest BCUT2D eigenvalue weighted by molar-refractivity contribution is 5.76. The molecular formula is C14H20N4O2. The zero-order chi connectivity index (χ0) is 14.4. The molecule has 3 N–H and O–H groups in total. The van der Waals surface area contributed by atoms with Crippen molar-refractivity contribution in [3.05, 3.63) is 24.2 Å². The normalized spacial score (nSPS) is 12.5. The second-order valence-corrected chi connectivity index (χ2v) is 4.76. The summed E-state index contributed by atoms with van der Waals surface area (Å²) in [5.41, 5.74) is 1.56. The van der Waals surface area contributed by atoms with Crippen LogP contribution in [0.5, 0.6) is 0 Å². The quantitative estimate of drug-likeness (QED) is 0.708. The van der Waals surface area contributed by atoms with Crippen molar-refractivity contribution < 1.29 is 9.90 Å². The van der Waals surface area contributed by atoms with Gasteiger partial charge in [0.2, 0.25) is 5.91 Å². The minimum atomic E-state index is -0.336. The Bertz CT molecular complexity index is 534. The molecule has 2 heterocycles. The monoisotopic (exact) mass is 276 g/mol. The minimum absolute atomic E-state index is 0.0262. The summed E-state index contributed by atoms with van der Waals surface area (Å²) in [6.07, 6.45) is 3.59. The van der Waals surface area contributed by atoms with Crippen LogP contribution in [0.1, 0.15) is 32.0 Å². The van der Waals surface area contributed by atoms with Crippen LogP contribution in [0.3, 0.4) is 0 Å². The van der Waals surface area contributed by atoms with Crippen LogP contribution in [-0.2, 0) is 11.2 Å². The molecule has 2 aromatic rings. The molecule has 0 aliphatic heterocycles. The predicted molar refractivity (Wildman–Crippen MR) is 76.1 cm³/mol. The summed E-state index contributed by atoms with van der Waals surface area (Å²) >= 11 is 0. The third-order valence-electron chi connectivity index (χ3n) is 3.17. The van der Waals surface area contributed by atoms with Crippen LogP contribution in [0, 0.1) is 0 Å². The number of nitrogens with zero attached hydrogens (tertiary/aromatic N) is 2. The van der Waals surface area contributed by atoms with Gasteiger partial charge in [-0.3, -0.25) is 4.79 Å². The number of imidazole rings is 1. The smallest absolute Gasteiger partial charge is 0.220 e. The molecule has 0 radical (unpaired) electrons. The number of rotatable bonds is 7. The van der Waals surface area contributed by atoms with E-state index in [1.165, 1.54) is 0 Å². The number of carbonyl (C=O) groups excluding carboxylic acids is 1. The number of amides is 1. The van der Waals surface area contributed by atoms with Crippen LogP contribution in [0.25, 0.3) is 11.2 Å². The molecule has 1 amide bonds. The van der Waals surface area contributed by atoms with Crippen molar-refractivity contribution in [1.29, 1.82) is 0 Å². The second kappa shape index (κ2) is 7.00. The highest BCUT2D eigenvalue weighted by atomic mass is 16.3. The van der Waals surface area contributed by atoms with Gasteiger partial charge in [0.25, 0.3) is 0 Å². The number of H-pyrrole nitrogens is 1. The first kappa shape index (κ1) is 14.5. The highest BCUT2D eigenvalue weighted by Gasteiger charge is 2.07. The number of aliphatic hydroxyl groups is 1. The van der Waals surface area contributed by atoms with Gasteiger partial charge < -0.3 is 15.4 Å². The van der Waals surface area contributed by atoms with E-state index in [0.717, 1.165) is 11.3 Å². The molecule has 0 saturated carbocycles. The fourth-order valence-electron chi connectivity index (χ4n) is 1.92. The van der Waals surface area contributed by atoms with Gasteiger partial charge in [0.1, 0.15) is 5.82 Å². The Labute approximate surface area is 117 Å². The van der Waals surface area contributed by atoms with Crippen LogP contribution in [0.2, 0.25) is 0 Å². The van der Waals surface area contributed by atoms with Crippen molar-refractivity contribution in [2.24, 2.45) is 0 Å². The van der Waals surface area contributed by atoms with Crippen molar-refractivity contribution >= 4 is 17.1 Å². The molecule has 20 heavy (non-hydrogen) atoms. The Morgan fingerprint density at radius 2 is 2.40 bits per heavy atom. The molecule has 2 rings (SSSR count). The Hall–Kier alpha value is -1.95. The summed E-state index contributed by atoms with van der Waals surface area (Å²) in [5, 5.41) is 12.2. The average molecular weight is 276 g/mol. The average Bonchev–Trinajstić information content (AvgIpc) is 2.87. The number of nitrogens with one attached hydrogen (secondary N) is 2. The second-order valence-electron chi connectivity index (χ2n) is 4.76. The van der Waals surface area contributed by atoms with E-state index in [4.69, 9.17) is 0 Å². The van der Waals surface area contributed by atoms with Gasteiger partial charge >= 0.3 is 0 Å². The third-order valence-corrected chi connectivity index (χ3v) is 3.17. The zero-order valence-corrected chi connectivity index (χ0v) is 11.6. The standard InChI is InChI=1S/C14H20N4O2/c1-2-10(19)7-9-15-13(20)6-5-12-17-11-4-3-8-16-14(11)18-12/h3-4,8,10,19H,2,5-7,9H2,1H3,(H,15,20)(H,16,17,18). The number of aliphatic hydroxyl groups excluding tert-OH is 1. The van der Waals surface area contributed by atoms with Crippen LogP contribution < -0.4 is 5.32 Å². The number of hydrogen-bond acceptors (Lipinski definition) is 4. The molecule has 0 bridgehead atoms. The van der Waals surface area contributed by atoms with Gasteiger partial charge in [-0.25, -0.2) is 9.97 Å². The molecule has 0 aliphatic rings. The molecule has 2 aromatic heterocycles. The van der Waals surface area contributed by atoms with Crippen LogP contribution >= 0.6 is 0 Å². The first-order valence-electron chi connectivity index (χ1n) is 6.93. The number of aromatic nitrogens is 3. The third kappa shape index (κ3) is 4.03. The van der Waals surface area contributed by atoms with Gasteiger partial charge in [0, 0.05) is 25.6 Å². The summed E-state index contributed by atoms with van der Waals surface area (Å²) in [6, 6.07) is 3.75. The van der Waals surface area contributed by atoms with Gasteiger partial charge in [-0.15, -0.1) is 0 Å². The number of fused-ring (bicyclic) bond motifs is 1. The molecule has 6 nitrogen and oxygen atoms in total. The molecule has 0 aliphatic carbocycles. The van der Waals surface area contributed by atoms with E-state index in [1.54, 1.807) is 6.20 Å². The lowest BCUT2D eigenvalue weighted by molar-refractivity contribution is -0.121. The summed E-state index contributed by atoms with van der Waals surface area (Å²) in [4.78, 5) is 23.2. The first-order valence-corrected chi connectivity index (χ1v) is 6.93. The van der Waals surface area contributed by atoms with Gasteiger partial charge in [0.15, 0.2) is 5.65 Å². The number of pyridine rings is 1. The molecule has 0 aromatic carbocycles. The molecule has 0 spiro atoms. The largest absolute Gasteiger partial charge is 0.393 e. The Morgan fingerprint density at radius 1 is 1.55 bits per heavy atom. The maximum Gasteiger partial charge on any atom is 0.220 e.